The number of hydrogen-bond acceptors (Lipinski definition) is 2. The van der Waals surface area contributed by atoms with Gasteiger partial charge in [0.05, 0.1) is 0 Å². The smallest absolute Gasteiger partial charge is 0.0251 e. The summed E-state index contributed by atoms with van der Waals surface area (Å²) in [4.78, 5) is 2.82. The first-order valence-electron chi connectivity index (χ1n) is 9.20. The van der Waals surface area contributed by atoms with E-state index in [2.05, 4.69) is 37.9 Å². The first-order chi connectivity index (χ1) is 9.72. The molecule has 0 heterocycles. The third-order valence-corrected chi connectivity index (χ3v) is 4.80. The van der Waals surface area contributed by atoms with Crippen molar-refractivity contribution in [3.8, 4) is 0 Å². The molecule has 0 saturated heterocycles. The van der Waals surface area contributed by atoms with Crippen LogP contribution in [-0.4, -0.2) is 36.6 Å². The summed E-state index contributed by atoms with van der Waals surface area (Å²) in [6.45, 7) is 13.1. The van der Waals surface area contributed by atoms with Gasteiger partial charge in [-0.3, -0.25) is 4.90 Å². The molecule has 0 aromatic carbocycles. The lowest BCUT2D eigenvalue weighted by atomic mass is 9.82. The van der Waals surface area contributed by atoms with Crippen LogP contribution in [0, 0.1) is 5.92 Å². The third kappa shape index (κ3) is 6.13. The molecule has 1 aliphatic carbocycles. The summed E-state index contributed by atoms with van der Waals surface area (Å²) in [5.41, 5.74) is 0. The van der Waals surface area contributed by atoms with E-state index in [1.165, 1.54) is 71.0 Å². The molecule has 0 aliphatic heterocycles. The van der Waals surface area contributed by atoms with Crippen LogP contribution in [0.3, 0.4) is 0 Å². The molecule has 0 aromatic heterocycles. The maximum absolute atomic E-state index is 3.83. The standard InChI is InChI=1S/C18H38N2/c1-5-8-13-20(14-9-6-2)18-15-16(4)10-11-17(18)19-12-7-3/h16-19H,5-15H2,1-4H3. The fourth-order valence-corrected chi connectivity index (χ4v) is 3.49. The second kappa shape index (κ2) is 10.6. The van der Waals surface area contributed by atoms with E-state index in [9.17, 15) is 0 Å². The van der Waals surface area contributed by atoms with Crippen LogP contribution in [0.2, 0.25) is 0 Å². The number of hydrogen-bond donors (Lipinski definition) is 1. The topological polar surface area (TPSA) is 15.3 Å². The molecular weight excluding hydrogens is 244 g/mol. The molecule has 0 bridgehead atoms. The van der Waals surface area contributed by atoms with Gasteiger partial charge in [-0.05, 0) is 64.1 Å². The molecule has 0 aromatic rings. The van der Waals surface area contributed by atoms with Crippen LogP contribution in [0.25, 0.3) is 0 Å². The Hall–Kier alpha value is -0.0800. The van der Waals surface area contributed by atoms with Gasteiger partial charge in [0.25, 0.3) is 0 Å². The van der Waals surface area contributed by atoms with Crippen LogP contribution in [0.4, 0.5) is 0 Å². The van der Waals surface area contributed by atoms with Crippen LogP contribution in [-0.2, 0) is 0 Å². The highest BCUT2D eigenvalue weighted by Crippen LogP contribution is 2.28. The molecule has 2 heteroatoms. The van der Waals surface area contributed by atoms with Crippen LogP contribution in [0.15, 0.2) is 0 Å². The van der Waals surface area contributed by atoms with Crippen molar-refractivity contribution in [2.45, 2.75) is 91.1 Å². The Labute approximate surface area is 127 Å². The van der Waals surface area contributed by atoms with Crippen LogP contribution in [0.5, 0.6) is 0 Å². The summed E-state index contributed by atoms with van der Waals surface area (Å²) in [7, 11) is 0. The Morgan fingerprint density at radius 2 is 1.60 bits per heavy atom. The molecular formula is C18H38N2. The Balaban J connectivity index is 2.63. The van der Waals surface area contributed by atoms with Crippen LogP contribution < -0.4 is 5.32 Å². The van der Waals surface area contributed by atoms with E-state index in [0.717, 1.165) is 18.0 Å². The molecule has 1 saturated carbocycles. The minimum atomic E-state index is 0.736. The summed E-state index contributed by atoms with van der Waals surface area (Å²) in [5, 5.41) is 3.83. The van der Waals surface area contributed by atoms with Crippen molar-refractivity contribution >= 4 is 0 Å². The molecule has 3 atom stereocenters. The van der Waals surface area contributed by atoms with E-state index in [1.807, 2.05) is 0 Å². The van der Waals surface area contributed by atoms with Crippen molar-refractivity contribution in [1.82, 2.24) is 10.2 Å². The first kappa shape index (κ1) is 18.0. The minimum Gasteiger partial charge on any atom is -0.312 e. The maximum atomic E-state index is 3.83. The summed E-state index contributed by atoms with van der Waals surface area (Å²) in [6, 6.07) is 1.52. The van der Waals surface area contributed by atoms with E-state index in [4.69, 9.17) is 0 Å². The molecule has 120 valence electrons. The minimum absolute atomic E-state index is 0.736. The average molecular weight is 283 g/mol. The first-order valence-corrected chi connectivity index (χ1v) is 9.20. The Kier molecular flexibility index (Phi) is 9.54. The average Bonchev–Trinajstić information content (AvgIpc) is 2.46. The van der Waals surface area contributed by atoms with Gasteiger partial charge in [0.15, 0.2) is 0 Å². The van der Waals surface area contributed by atoms with Crippen LogP contribution >= 0.6 is 0 Å². The zero-order chi connectivity index (χ0) is 14.8. The highest BCUT2D eigenvalue weighted by atomic mass is 15.2. The molecule has 2 nitrogen and oxygen atoms in total. The lowest BCUT2D eigenvalue weighted by Crippen LogP contribution is -2.53. The molecule has 0 amide bonds. The summed E-state index contributed by atoms with van der Waals surface area (Å²) in [5.74, 6) is 0.908. The molecule has 1 aliphatic rings. The summed E-state index contributed by atoms with van der Waals surface area (Å²) >= 11 is 0. The lowest BCUT2D eigenvalue weighted by molar-refractivity contribution is 0.0977. The number of nitrogens with zero attached hydrogens (tertiary/aromatic N) is 1. The SMILES string of the molecule is CCCCN(CCCC)C1CC(C)CCC1NCCC. The van der Waals surface area contributed by atoms with Gasteiger partial charge in [-0.1, -0.05) is 40.5 Å². The van der Waals surface area contributed by atoms with Crippen LogP contribution in [0.1, 0.15) is 79.1 Å². The van der Waals surface area contributed by atoms with Gasteiger partial charge >= 0.3 is 0 Å². The van der Waals surface area contributed by atoms with Crippen molar-refractivity contribution in [3.63, 3.8) is 0 Å². The van der Waals surface area contributed by atoms with Gasteiger partial charge in [0.1, 0.15) is 0 Å². The second-order valence-corrected chi connectivity index (χ2v) is 6.79. The molecule has 3 unspecified atom stereocenters. The van der Waals surface area contributed by atoms with E-state index < -0.39 is 0 Å². The maximum Gasteiger partial charge on any atom is 0.0251 e. The van der Waals surface area contributed by atoms with Crippen molar-refractivity contribution in [2.24, 2.45) is 5.92 Å². The van der Waals surface area contributed by atoms with E-state index >= 15 is 0 Å². The number of rotatable bonds is 10. The Morgan fingerprint density at radius 1 is 0.950 bits per heavy atom. The Morgan fingerprint density at radius 3 is 2.15 bits per heavy atom. The zero-order valence-electron chi connectivity index (χ0n) is 14.5. The highest BCUT2D eigenvalue weighted by Gasteiger charge is 2.31. The van der Waals surface area contributed by atoms with E-state index in [1.54, 1.807) is 0 Å². The lowest BCUT2D eigenvalue weighted by Gasteiger charge is -2.43. The monoisotopic (exact) mass is 282 g/mol. The van der Waals surface area contributed by atoms with Gasteiger partial charge in [0, 0.05) is 12.1 Å². The molecule has 1 rings (SSSR count). The van der Waals surface area contributed by atoms with E-state index in [-0.39, 0.29) is 0 Å². The number of nitrogens with one attached hydrogen (secondary N) is 1. The fraction of sp³-hybridized carbons (Fsp3) is 1.00. The van der Waals surface area contributed by atoms with Crippen molar-refractivity contribution < 1.29 is 0 Å². The summed E-state index contributed by atoms with van der Waals surface area (Å²) in [6.07, 6.45) is 10.8. The highest BCUT2D eigenvalue weighted by molar-refractivity contribution is 4.90. The molecule has 0 radical (unpaired) electrons. The number of unbranched alkanes of at least 4 members (excludes halogenated alkanes) is 2. The fourth-order valence-electron chi connectivity index (χ4n) is 3.49. The predicted molar refractivity (Wildman–Crippen MR) is 90.3 cm³/mol. The van der Waals surface area contributed by atoms with Gasteiger partial charge in [-0.25, -0.2) is 0 Å². The second-order valence-electron chi connectivity index (χ2n) is 6.79. The normalized spacial score (nSPS) is 27.1. The van der Waals surface area contributed by atoms with Gasteiger partial charge < -0.3 is 5.32 Å². The van der Waals surface area contributed by atoms with Gasteiger partial charge in [-0.2, -0.15) is 0 Å². The quantitative estimate of drug-likeness (QED) is 0.637. The molecule has 0 spiro atoms. The van der Waals surface area contributed by atoms with Gasteiger partial charge in [0.2, 0.25) is 0 Å². The predicted octanol–water partition coefficient (Wildman–Crippen LogP) is 4.45. The molecule has 20 heavy (non-hydrogen) atoms. The largest absolute Gasteiger partial charge is 0.312 e. The summed E-state index contributed by atoms with van der Waals surface area (Å²) < 4.78 is 0. The van der Waals surface area contributed by atoms with Gasteiger partial charge in [-0.15, -0.1) is 0 Å². The Bertz CT molecular complexity index is 219. The molecule has 1 N–H and O–H groups in total. The third-order valence-electron chi connectivity index (χ3n) is 4.80. The van der Waals surface area contributed by atoms with E-state index in [0.29, 0.717) is 0 Å². The van der Waals surface area contributed by atoms with Crippen molar-refractivity contribution in [1.29, 1.82) is 0 Å². The zero-order valence-corrected chi connectivity index (χ0v) is 14.5. The van der Waals surface area contributed by atoms with Crippen molar-refractivity contribution in [3.05, 3.63) is 0 Å². The molecule has 1 fully saturated rings. The van der Waals surface area contributed by atoms with Crippen molar-refractivity contribution in [2.75, 3.05) is 19.6 Å².